The van der Waals surface area contributed by atoms with Gasteiger partial charge in [-0.2, -0.15) is 8.42 Å². The predicted octanol–water partition coefficient (Wildman–Crippen LogP) is 3.72. The summed E-state index contributed by atoms with van der Waals surface area (Å²) < 4.78 is 68.2. The van der Waals surface area contributed by atoms with Crippen LogP contribution in [0.25, 0.3) is 53.2 Å². The van der Waals surface area contributed by atoms with Crippen LogP contribution in [0, 0.1) is 5.82 Å². The Hall–Kier alpha value is -5.75. The fourth-order valence-electron chi connectivity index (χ4n) is 8.70. The Balaban J connectivity index is 0.00000659. The SMILES string of the molecule is COc1ccccc1-c1nccc(COc2ccccc2C[C@@H](Oc2ncnc3sc4c5ccc(F)c(O)c5c5c(Cl)c(OCCN6CC[NH+](CCCS(=O)(=O)OC)CC6)ccc5c4c23)C(=O)O)n1.[I-]. The first-order chi connectivity index (χ1) is 33.4. The molecule has 0 aliphatic carbocycles. The van der Waals surface area contributed by atoms with Crippen LogP contribution in [0.5, 0.6) is 28.9 Å². The van der Waals surface area contributed by atoms with Gasteiger partial charge in [-0.05, 0) is 59.5 Å². The van der Waals surface area contributed by atoms with E-state index in [0.29, 0.717) is 83.8 Å². The highest BCUT2D eigenvalue weighted by atomic mass is 127. The van der Waals surface area contributed by atoms with E-state index in [1.807, 2.05) is 24.3 Å². The number of ether oxygens (including phenoxy) is 4. The minimum atomic E-state index is -3.48. The normalized spacial score (nSPS) is 13.9. The average Bonchev–Trinajstić information content (AvgIpc) is 3.76. The lowest BCUT2D eigenvalue weighted by Crippen LogP contribution is -3.14. The molecule has 1 fully saturated rings. The number of rotatable bonds is 19. The topological polar surface area (TPSA) is 197 Å². The summed E-state index contributed by atoms with van der Waals surface area (Å²) >= 11 is 8.46. The molecule has 1 atom stereocenters. The number of quaternary nitrogens is 1. The Bertz CT molecular complexity index is 3330. The Kier molecular flexibility index (Phi) is 16.0. The second-order valence-electron chi connectivity index (χ2n) is 16.4. The summed E-state index contributed by atoms with van der Waals surface area (Å²) in [7, 11) is -0.723. The van der Waals surface area contributed by atoms with E-state index in [0.717, 1.165) is 38.3 Å². The Labute approximate surface area is 428 Å². The van der Waals surface area contributed by atoms with Crippen molar-refractivity contribution in [3.63, 3.8) is 0 Å². The number of phenolic OH excluding ortho intramolecular Hbond substituents is 1. The zero-order valence-corrected chi connectivity index (χ0v) is 42.4. The van der Waals surface area contributed by atoms with E-state index in [2.05, 4.69) is 29.0 Å². The molecular formula is C49H47ClFIN6O10S2. The maximum atomic E-state index is 15.2. The summed E-state index contributed by atoms with van der Waals surface area (Å²) in [5.74, 6) is -0.804. The van der Waals surface area contributed by atoms with Crippen LogP contribution in [0.3, 0.4) is 0 Å². The molecule has 0 bridgehead atoms. The van der Waals surface area contributed by atoms with Gasteiger partial charge in [0.2, 0.25) is 12.0 Å². The summed E-state index contributed by atoms with van der Waals surface area (Å²) in [4.78, 5) is 35.2. The van der Waals surface area contributed by atoms with Gasteiger partial charge in [-0.3, -0.25) is 9.08 Å². The quantitative estimate of drug-likeness (QED) is 0.0602. The minimum absolute atomic E-state index is 0. The molecule has 0 saturated carbocycles. The van der Waals surface area contributed by atoms with Crippen molar-refractivity contribution < 1.29 is 79.8 Å². The second-order valence-corrected chi connectivity index (χ2v) is 19.6. The molecule has 70 heavy (non-hydrogen) atoms. The lowest BCUT2D eigenvalue weighted by molar-refractivity contribution is -0.904. The van der Waals surface area contributed by atoms with Crippen molar-refractivity contribution in [2.45, 2.75) is 25.6 Å². The highest BCUT2D eigenvalue weighted by Crippen LogP contribution is 2.51. The summed E-state index contributed by atoms with van der Waals surface area (Å²) in [6.07, 6.45) is 1.92. The summed E-state index contributed by atoms with van der Waals surface area (Å²) in [5.41, 5.74) is 1.88. The van der Waals surface area contributed by atoms with Crippen LogP contribution in [0.15, 0.2) is 91.4 Å². The largest absolute Gasteiger partial charge is 1.00 e. The number of nitrogens with zero attached hydrogens (tertiary/aromatic N) is 5. The van der Waals surface area contributed by atoms with Crippen LogP contribution in [0.1, 0.15) is 17.7 Å². The van der Waals surface area contributed by atoms with Crippen LogP contribution in [-0.2, 0) is 32.1 Å². The lowest BCUT2D eigenvalue weighted by Gasteiger charge is -2.32. The van der Waals surface area contributed by atoms with Crippen LogP contribution in [0.2, 0.25) is 5.02 Å². The van der Waals surface area contributed by atoms with E-state index in [-0.39, 0.29) is 65.7 Å². The Morgan fingerprint density at radius 1 is 0.900 bits per heavy atom. The number of benzene rings is 5. The molecule has 0 radical (unpaired) electrons. The van der Waals surface area contributed by atoms with E-state index >= 15 is 4.39 Å². The zero-order valence-electron chi connectivity index (χ0n) is 37.9. The lowest BCUT2D eigenvalue weighted by atomic mass is 9.96. The van der Waals surface area contributed by atoms with Crippen molar-refractivity contribution in [2.24, 2.45) is 0 Å². The molecule has 5 aromatic carbocycles. The number of aromatic hydroxyl groups is 1. The van der Waals surface area contributed by atoms with Gasteiger partial charge in [-0.15, -0.1) is 11.3 Å². The maximum Gasteiger partial charge on any atom is 0.345 e. The fourth-order valence-corrected chi connectivity index (χ4v) is 10.9. The molecule has 3 aromatic heterocycles. The number of piperazine rings is 1. The molecule has 8 aromatic rings. The third-order valence-corrected chi connectivity index (χ3v) is 15.0. The standard InChI is InChI=1S/C49H46ClFN6O10S2.HI/c1-63-36-11-6-4-9-31(36)46-52-17-16-30(55-46)27-66-35-10-5-3-8-29(35)26-38(49(59)60)67-47-42-41-32-13-15-37(65-24-23-57-21-19-56(20-22-57)18-7-25-69(61,62)64-2)43(50)39(32)40-33(12-14-34(51)44(40)58)45(41)68-48(42)54-28-53-47;/h3-6,8-17,28,38,58H,7,18-27H2,1-2H3,(H,59,60);1H/t38-;/m1./s1. The molecule has 0 amide bonds. The predicted molar refractivity (Wildman–Crippen MR) is 260 cm³/mol. The number of carboxylic acid groups (broad SMARTS) is 1. The van der Waals surface area contributed by atoms with Gasteiger partial charge in [-0.25, -0.2) is 29.1 Å². The van der Waals surface area contributed by atoms with Gasteiger partial charge >= 0.3 is 5.97 Å². The molecule has 4 heterocycles. The van der Waals surface area contributed by atoms with E-state index in [4.69, 9.17) is 30.5 Å². The second kappa shape index (κ2) is 22.1. The molecule has 1 aliphatic rings. The van der Waals surface area contributed by atoms with Gasteiger partial charge in [0.15, 0.2) is 17.4 Å². The molecule has 9 rings (SSSR count). The van der Waals surface area contributed by atoms with E-state index < -0.39 is 33.8 Å². The molecule has 0 spiro atoms. The number of carbonyl (C=O) groups is 1. The van der Waals surface area contributed by atoms with Crippen LogP contribution in [-0.4, -0.2) is 121 Å². The molecule has 366 valence electrons. The van der Waals surface area contributed by atoms with Crippen molar-refractivity contribution in [3.8, 4) is 40.3 Å². The minimum Gasteiger partial charge on any atom is -1.00 e. The third kappa shape index (κ3) is 10.8. The first-order valence-corrected chi connectivity index (χ1v) is 24.8. The highest BCUT2D eigenvalue weighted by Gasteiger charge is 2.28. The maximum absolute atomic E-state index is 15.2. The number of carboxylic acids is 1. The number of aliphatic carboxylic acids is 1. The summed E-state index contributed by atoms with van der Waals surface area (Å²) in [6, 6.07) is 22.5. The van der Waals surface area contributed by atoms with Crippen LogP contribution in [0.4, 0.5) is 4.39 Å². The third-order valence-electron chi connectivity index (χ3n) is 12.2. The first-order valence-electron chi connectivity index (χ1n) is 22.1. The van der Waals surface area contributed by atoms with Gasteiger partial charge in [0.05, 0.1) is 61.3 Å². The number of aromatic nitrogens is 4. The molecule has 3 N–H and O–H groups in total. The van der Waals surface area contributed by atoms with Crippen molar-refractivity contribution in [3.05, 3.63) is 113 Å². The number of methoxy groups -OCH3 is 1. The zero-order chi connectivity index (χ0) is 48.2. The first kappa shape index (κ1) is 50.6. The van der Waals surface area contributed by atoms with E-state index in [9.17, 15) is 23.4 Å². The van der Waals surface area contributed by atoms with Gasteiger partial charge < -0.3 is 58.0 Å². The number of halogens is 3. The molecule has 1 saturated heterocycles. The summed E-state index contributed by atoms with van der Waals surface area (Å²) in [6.45, 7) is 5.00. The molecular weight excluding hydrogens is 1080 g/mol. The van der Waals surface area contributed by atoms with E-state index in [1.54, 1.807) is 61.8 Å². The number of phenols is 1. The molecule has 21 heteroatoms. The Morgan fingerprint density at radius 2 is 1.66 bits per heavy atom. The molecule has 1 aliphatic heterocycles. The van der Waals surface area contributed by atoms with Crippen LogP contribution >= 0.6 is 22.9 Å². The van der Waals surface area contributed by atoms with E-state index in [1.165, 1.54) is 35.7 Å². The number of nitrogens with one attached hydrogen (secondary N) is 1. The summed E-state index contributed by atoms with van der Waals surface area (Å²) in [5, 5.41) is 24.6. The van der Waals surface area contributed by atoms with Crippen molar-refractivity contribution in [1.82, 2.24) is 24.8 Å². The van der Waals surface area contributed by atoms with Gasteiger partial charge in [0.25, 0.3) is 10.1 Å². The van der Waals surface area contributed by atoms with Gasteiger partial charge in [0.1, 0.15) is 41.6 Å². The monoisotopic (exact) mass is 1120 g/mol. The highest BCUT2D eigenvalue weighted by molar-refractivity contribution is 7.86. The smallest absolute Gasteiger partial charge is 0.345 e. The molecule has 16 nitrogen and oxygen atoms in total. The van der Waals surface area contributed by atoms with Gasteiger partial charge in [-0.1, -0.05) is 41.9 Å². The molecule has 0 unspecified atom stereocenters. The Morgan fingerprint density at radius 3 is 2.43 bits per heavy atom. The van der Waals surface area contributed by atoms with Crippen molar-refractivity contribution >= 4 is 80.9 Å². The number of hydrogen-bond acceptors (Lipinski definition) is 15. The van der Waals surface area contributed by atoms with Crippen LogP contribution < -0.4 is 47.8 Å². The van der Waals surface area contributed by atoms with Crippen molar-refractivity contribution in [2.75, 3.05) is 65.8 Å². The van der Waals surface area contributed by atoms with Gasteiger partial charge in [0, 0.05) is 64.9 Å². The number of para-hydroxylation sites is 2. The van der Waals surface area contributed by atoms with Crippen molar-refractivity contribution in [1.29, 1.82) is 0 Å². The average molecular weight is 1130 g/mol. The fraction of sp³-hybridized carbons (Fsp3) is 0.286. The number of hydrogen-bond donors (Lipinski definition) is 3. The number of fused-ring (bicyclic) bond motifs is 8. The number of thiophene rings is 1.